The molecule has 2 heterocycles. The first kappa shape index (κ1) is 16.6. The van der Waals surface area contributed by atoms with Gasteiger partial charge in [0.15, 0.2) is 0 Å². The van der Waals surface area contributed by atoms with E-state index in [9.17, 15) is 4.79 Å². The van der Waals surface area contributed by atoms with Gasteiger partial charge in [0.2, 0.25) is 5.91 Å². The molecule has 1 atom stereocenters. The number of carbonyl (C=O) groups is 1. The van der Waals surface area contributed by atoms with Gasteiger partial charge >= 0.3 is 0 Å². The predicted molar refractivity (Wildman–Crippen MR) is 91.1 cm³/mol. The summed E-state index contributed by atoms with van der Waals surface area (Å²) in [6, 6.07) is 8.44. The van der Waals surface area contributed by atoms with Crippen molar-refractivity contribution in [3.8, 4) is 0 Å². The van der Waals surface area contributed by atoms with Crippen LogP contribution < -0.4 is 15.5 Å². The number of rotatable bonds is 4. The van der Waals surface area contributed by atoms with E-state index in [0.717, 1.165) is 43.6 Å². The highest BCUT2D eigenvalue weighted by Gasteiger charge is 2.27. The van der Waals surface area contributed by atoms with Crippen LogP contribution in [-0.2, 0) is 4.79 Å². The quantitative estimate of drug-likeness (QED) is 0.847. The van der Waals surface area contributed by atoms with E-state index in [2.05, 4.69) is 55.7 Å². The molecular formula is C15H21BrClN3O. The first-order valence-corrected chi connectivity index (χ1v) is 8.00. The molecule has 1 aromatic carbocycles. The largest absolute Gasteiger partial charge is 0.371 e. The van der Waals surface area contributed by atoms with Crippen LogP contribution in [0.1, 0.15) is 6.42 Å². The van der Waals surface area contributed by atoms with E-state index < -0.39 is 0 Å². The minimum absolute atomic E-state index is 0. The van der Waals surface area contributed by atoms with E-state index in [0.29, 0.717) is 5.92 Å². The molecule has 2 N–H and O–H groups in total. The number of hydrogen-bond acceptors (Lipinski definition) is 3. The molecule has 0 aromatic heterocycles. The minimum atomic E-state index is 0. The van der Waals surface area contributed by atoms with Crippen LogP contribution >= 0.6 is 28.3 Å². The SMILES string of the molecule is Cl.O=C(NCC1CCN(c2ccc(Br)cc2)C1)C1CNC1. The minimum Gasteiger partial charge on any atom is -0.371 e. The third-order valence-electron chi connectivity index (χ3n) is 4.19. The van der Waals surface area contributed by atoms with Gasteiger partial charge < -0.3 is 15.5 Å². The molecule has 21 heavy (non-hydrogen) atoms. The number of nitrogens with zero attached hydrogens (tertiary/aromatic N) is 1. The summed E-state index contributed by atoms with van der Waals surface area (Å²) in [7, 11) is 0. The maximum atomic E-state index is 11.8. The van der Waals surface area contributed by atoms with E-state index in [-0.39, 0.29) is 24.2 Å². The lowest BCUT2D eigenvalue weighted by atomic mass is 10.0. The number of nitrogens with one attached hydrogen (secondary N) is 2. The molecule has 0 bridgehead atoms. The second-order valence-electron chi connectivity index (χ2n) is 5.68. The third-order valence-corrected chi connectivity index (χ3v) is 4.72. The van der Waals surface area contributed by atoms with Crippen molar-refractivity contribution in [3.63, 3.8) is 0 Å². The van der Waals surface area contributed by atoms with Crippen LogP contribution in [0.2, 0.25) is 0 Å². The Morgan fingerprint density at radius 2 is 2.05 bits per heavy atom. The third kappa shape index (κ3) is 4.11. The Bertz CT molecular complexity index is 478. The molecule has 0 radical (unpaired) electrons. The Morgan fingerprint density at radius 3 is 2.67 bits per heavy atom. The van der Waals surface area contributed by atoms with Gasteiger partial charge in [-0.15, -0.1) is 12.4 Å². The van der Waals surface area contributed by atoms with Crippen molar-refractivity contribution in [3.05, 3.63) is 28.7 Å². The molecule has 4 nitrogen and oxygen atoms in total. The summed E-state index contributed by atoms with van der Waals surface area (Å²) in [5.74, 6) is 0.973. The van der Waals surface area contributed by atoms with Crippen LogP contribution in [0, 0.1) is 11.8 Å². The van der Waals surface area contributed by atoms with Crippen molar-refractivity contribution in [1.29, 1.82) is 0 Å². The lowest BCUT2D eigenvalue weighted by Crippen LogP contribution is -2.51. The summed E-state index contributed by atoms with van der Waals surface area (Å²) in [4.78, 5) is 14.2. The Kier molecular flexibility index (Phi) is 5.90. The van der Waals surface area contributed by atoms with Gasteiger partial charge in [0.25, 0.3) is 0 Å². The Balaban J connectivity index is 0.00000161. The van der Waals surface area contributed by atoms with Crippen LogP contribution in [0.3, 0.4) is 0 Å². The highest BCUT2D eigenvalue weighted by atomic mass is 79.9. The van der Waals surface area contributed by atoms with Gasteiger partial charge in [-0.25, -0.2) is 0 Å². The van der Waals surface area contributed by atoms with Crippen molar-refractivity contribution in [1.82, 2.24) is 10.6 Å². The highest BCUT2D eigenvalue weighted by molar-refractivity contribution is 9.10. The van der Waals surface area contributed by atoms with Crippen LogP contribution in [-0.4, -0.2) is 38.6 Å². The van der Waals surface area contributed by atoms with Gasteiger partial charge in [-0.05, 0) is 36.6 Å². The summed E-state index contributed by atoms with van der Waals surface area (Å²) in [5.41, 5.74) is 1.27. The molecule has 1 unspecified atom stereocenters. The molecule has 6 heteroatoms. The fraction of sp³-hybridized carbons (Fsp3) is 0.533. The summed E-state index contributed by atoms with van der Waals surface area (Å²) in [5, 5.41) is 6.22. The number of amides is 1. The van der Waals surface area contributed by atoms with E-state index in [1.165, 1.54) is 5.69 Å². The number of halogens is 2. The monoisotopic (exact) mass is 373 g/mol. The van der Waals surface area contributed by atoms with Crippen molar-refractivity contribution in [2.45, 2.75) is 6.42 Å². The second-order valence-corrected chi connectivity index (χ2v) is 6.59. The van der Waals surface area contributed by atoms with Crippen LogP contribution in [0.5, 0.6) is 0 Å². The number of benzene rings is 1. The van der Waals surface area contributed by atoms with Crippen molar-refractivity contribution in [2.24, 2.45) is 11.8 Å². The van der Waals surface area contributed by atoms with Gasteiger partial charge in [-0.3, -0.25) is 4.79 Å². The van der Waals surface area contributed by atoms with Gasteiger partial charge in [0.1, 0.15) is 0 Å². The van der Waals surface area contributed by atoms with Crippen LogP contribution in [0.4, 0.5) is 5.69 Å². The summed E-state index contributed by atoms with van der Waals surface area (Å²) < 4.78 is 1.11. The van der Waals surface area contributed by atoms with Gasteiger partial charge in [-0.2, -0.15) is 0 Å². The van der Waals surface area contributed by atoms with Crippen molar-refractivity contribution >= 4 is 39.9 Å². The lowest BCUT2D eigenvalue weighted by Gasteiger charge is -2.26. The summed E-state index contributed by atoms with van der Waals surface area (Å²) in [6.45, 7) is 4.59. The Hall–Kier alpha value is -0.780. The van der Waals surface area contributed by atoms with Crippen LogP contribution in [0.25, 0.3) is 0 Å². The molecule has 1 amide bonds. The number of anilines is 1. The molecule has 2 fully saturated rings. The summed E-state index contributed by atoms with van der Waals surface area (Å²) >= 11 is 3.46. The van der Waals surface area contributed by atoms with E-state index >= 15 is 0 Å². The predicted octanol–water partition coefficient (Wildman–Crippen LogP) is 2.03. The van der Waals surface area contributed by atoms with E-state index in [1.807, 2.05) is 0 Å². The molecule has 116 valence electrons. The van der Waals surface area contributed by atoms with Crippen molar-refractivity contribution in [2.75, 3.05) is 37.6 Å². The molecule has 0 spiro atoms. The molecular weight excluding hydrogens is 354 g/mol. The van der Waals surface area contributed by atoms with Crippen molar-refractivity contribution < 1.29 is 4.79 Å². The zero-order valence-corrected chi connectivity index (χ0v) is 14.3. The first-order chi connectivity index (χ1) is 9.72. The Morgan fingerprint density at radius 1 is 1.33 bits per heavy atom. The number of hydrogen-bond donors (Lipinski definition) is 2. The fourth-order valence-electron chi connectivity index (χ4n) is 2.75. The molecule has 2 saturated heterocycles. The first-order valence-electron chi connectivity index (χ1n) is 7.21. The fourth-order valence-corrected chi connectivity index (χ4v) is 3.01. The van der Waals surface area contributed by atoms with E-state index in [1.54, 1.807) is 0 Å². The standard InChI is InChI=1S/C15H20BrN3O.ClH/c16-13-1-3-14(4-2-13)19-6-5-11(10-19)7-18-15(20)12-8-17-9-12;/h1-4,11-12,17H,5-10H2,(H,18,20);1H. The Labute approximate surface area is 140 Å². The molecule has 2 aliphatic rings. The summed E-state index contributed by atoms with van der Waals surface area (Å²) in [6.07, 6.45) is 1.15. The maximum absolute atomic E-state index is 11.8. The molecule has 0 aliphatic carbocycles. The molecule has 2 aliphatic heterocycles. The van der Waals surface area contributed by atoms with Crippen LogP contribution in [0.15, 0.2) is 28.7 Å². The molecule has 0 saturated carbocycles. The van der Waals surface area contributed by atoms with E-state index in [4.69, 9.17) is 0 Å². The van der Waals surface area contributed by atoms with Gasteiger partial charge in [-0.1, -0.05) is 15.9 Å². The zero-order valence-electron chi connectivity index (χ0n) is 11.8. The van der Waals surface area contributed by atoms with Gasteiger partial charge in [0.05, 0.1) is 5.92 Å². The van der Waals surface area contributed by atoms with Gasteiger partial charge in [0, 0.05) is 42.9 Å². The molecule has 3 rings (SSSR count). The molecule has 1 aromatic rings. The highest BCUT2D eigenvalue weighted by Crippen LogP contribution is 2.25. The number of carbonyl (C=O) groups excluding carboxylic acids is 1. The lowest BCUT2D eigenvalue weighted by molar-refractivity contribution is -0.126. The zero-order chi connectivity index (χ0) is 13.9. The average molecular weight is 375 g/mol. The second kappa shape index (κ2) is 7.47. The average Bonchev–Trinajstić information content (AvgIpc) is 2.84. The smallest absolute Gasteiger partial charge is 0.225 e. The normalized spacial score (nSPS) is 21.6. The topological polar surface area (TPSA) is 44.4 Å². The maximum Gasteiger partial charge on any atom is 0.225 e.